The Morgan fingerprint density at radius 2 is 1.90 bits per heavy atom. The van der Waals surface area contributed by atoms with E-state index in [-0.39, 0.29) is 11.4 Å². The highest BCUT2D eigenvalue weighted by atomic mass is 79.9. The molecule has 2 rings (SSSR count). The van der Waals surface area contributed by atoms with E-state index in [1.807, 2.05) is 6.92 Å². The van der Waals surface area contributed by atoms with E-state index in [2.05, 4.69) is 21.2 Å². The molecule has 0 unspecified atom stereocenters. The molecule has 0 aliphatic rings. The van der Waals surface area contributed by atoms with Crippen LogP contribution in [0.2, 0.25) is 0 Å². The number of hydrogen-bond acceptors (Lipinski definition) is 2. The fraction of sp³-hybridized carbons (Fsp3) is 0.0714. The van der Waals surface area contributed by atoms with Crippen LogP contribution >= 0.6 is 15.9 Å². The molecule has 0 aliphatic heterocycles. The monoisotopic (exact) mass is 340 g/mol. The summed E-state index contributed by atoms with van der Waals surface area (Å²) in [5, 5.41) is 2.36. The SMILES string of the molecule is Cc1ccc(C(=O)Nc2cc(N)c(F)cc2F)c(Br)c1. The van der Waals surface area contributed by atoms with Crippen molar-refractivity contribution in [2.24, 2.45) is 0 Å². The molecule has 6 heteroatoms. The average molecular weight is 341 g/mol. The van der Waals surface area contributed by atoms with Crippen LogP contribution in [0, 0.1) is 18.6 Å². The highest BCUT2D eigenvalue weighted by Crippen LogP contribution is 2.24. The third kappa shape index (κ3) is 2.96. The number of aryl methyl sites for hydroxylation is 1. The Labute approximate surface area is 122 Å². The predicted molar refractivity (Wildman–Crippen MR) is 77.6 cm³/mol. The molecular weight excluding hydrogens is 330 g/mol. The summed E-state index contributed by atoms with van der Waals surface area (Å²) in [6.45, 7) is 1.88. The van der Waals surface area contributed by atoms with Gasteiger partial charge < -0.3 is 11.1 Å². The average Bonchev–Trinajstić information content (AvgIpc) is 2.35. The molecule has 3 nitrogen and oxygen atoms in total. The second-order valence-electron chi connectivity index (χ2n) is 4.29. The van der Waals surface area contributed by atoms with Crippen molar-refractivity contribution < 1.29 is 13.6 Å². The van der Waals surface area contributed by atoms with Gasteiger partial charge in [0.15, 0.2) is 0 Å². The summed E-state index contributed by atoms with van der Waals surface area (Å²) in [6, 6.07) is 6.82. The molecule has 0 aromatic heterocycles. The van der Waals surface area contributed by atoms with Crippen molar-refractivity contribution in [1.82, 2.24) is 0 Å². The molecule has 3 N–H and O–H groups in total. The number of amides is 1. The van der Waals surface area contributed by atoms with E-state index in [4.69, 9.17) is 5.73 Å². The molecule has 0 radical (unpaired) electrons. The summed E-state index contributed by atoms with van der Waals surface area (Å²) in [5.74, 6) is -2.26. The van der Waals surface area contributed by atoms with Crippen molar-refractivity contribution in [3.05, 3.63) is 57.6 Å². The van der Waals surface area contributed by atoms with Gasteiger partial charge in [0.1, 0.15) is 11.6 Å². The number of carbonyl (C=O) groups excluding carboxylic acids is 1. The van der Waals surface area contributed by atoms with E-state index in [1.165, 1.54) is 0 Å². The number of nitrogens with two attached hydrogens (primary N) is 1. The van der Waals surface area contributed by atoms with Gasteiger partial charge in [0.05, 0.1) is 16.9 Å². The molecule has 20 heavy (non-hydrogen) atoms. The minimum absolute atomic E-state index is 0.165. The quantitative estimate of drug-likeness (QED) is 0.815. The summed E-state index contributed by atoms with van der Waals surface area (Å²) in [6.07, 6.45) is 0. The maximum atomic E-state index is 13.5. The van der Waals surface area contributed by atoms with Crippen LogP contribution in [0.25, 0.3) is 0 Å². The molecule has 2 aromatic rings. The van der Waals surface area contributed by atoms with Crippen molar-refractivity contribution >= 4 is 33.2 Å². The predicted octanol–water partition coefficient (Wildman–Crippen LogP) is 3.87. The van der Waals surface area contributed by atoms with Gasteiger partial charge in [-0.25, -0.2) is 8.78 Å². The smallest absolute Gasteiger partial charge is 0.256 e. The minimum Gasteiger partial charge on any atom is -0.396 e. The van der Waals surface area contributed by atoms with Crippen molar-refractivity contribution in [3.8, 4) is 0 Å². The minimum atomic E-state index is -0.881. The molecule has 0 heterocycles. The topological polar surface area (TPSA) is 55.1 Å². The van der Waals surface area contributed by atoms with E-state index >= 15 is 0 Å². The molecule has 0 fully saturated rings. The molecule has 0 spiro atoms. The van der Waals surface area contributed by atoms with Crippen LogP contribution in [0.3, 0.4) is 0 Å². The van der Waals surface area contributed by atoms with Crippen molar-refractivity contribution in [3.63, 3.8) is 0 Å². The molecule has 0 atom stereocenters. The van der Waals surface area contributed by atoms with Crippen molar-refractivity contribution in [2.45, 2.75) is 6.92 Å². The largest absolute Gasteiger partial charge is 0.396 e. The number of halogens is 3. The first-order chi connectivity index (χ1) is 9.38. The standard InChI is InChI=1S/C14H11BrF2N2O/c1-7-2-3-8(9(15)4-7)14(20)19-13-6-12(18)10(16)5-11(13)17/h2-6H,18H2,1H3,(H,19,20). The third-order valence-corrected chi connectivity index (χ3v) is 3.36. The fourth-order valence-electron chi connectivity index (χ4n) is 1.66. The second-order valence-corrected chi connectivity index (χ2v) is 5.15. The Morgan fingerprint density at radius 3 is 2.55 bits per heavy atom. The normalized spacial score (nSPS) is 10.4. The molecule has 0 saturated carbocycles. The summed E-state index contributed by atoms with van der Waals surface area (Å²) < 4.78 is 27.2. The fourth-order valence-corrected chi connectivity index (χ4v) is 2.33. The van der Waals surface area contributed by atoms with Gasteiger partial charge >= 0.3 is 0 Å². The molecule has 1 amide bonds. The highest BCUT2D eigenvalue weighted by Gasteiger charge is 2.14. The Morgan fingerprint density at radius 1 is 1.20 bits per heavy atom. The zero-order valence-corrected chi connectivity index (χ0v) is 12.1. The van der Waals surface area contributed by atoms with Crippen LogP contribution in [-0.2, 0) is 0 Å². The van der Waals surface area contributed by atoms with Gasteiger partial charge in [-0.15, -0.1) is 0 Å². The lowest BCUT2D eigenvalue weighted by Gasteiger charge is -2.09. The molecule has 104 valence electrons. The number of nitrogen functional groups attached to an aromatic ring is 1. The Kier molecular flexibility index (Phi) is 4.04. The van der Waals surface area contributed by atoms with Crippen LogP contribution in [0.5, 0.6) is 0 Å². The number of benzene rings is 2. The number of anilines is 2. The Hall–Kier alpha value is -1.95. The molecule has 2 aromatic carbocycles. The van der Waals surface area contributed by atoms with Crippen molar-refractivity contribution in [1.29, 1.82) is 0 Å². The summed E-state index contributed by atoms with van der Waals surface area (Å²) in [4.78, 5) is 12.1. The lowest BCUT2D eigenvalue weighted by Crippen LogP contribution is -2.14. The Bertz CT molecular complexity index is 689. The first-order valence-corrected chi connectivity index (χ1v) is 6.50. The molecule has 0 saturated heterocycles. The maximum absolute atomic E-state index is 13.5. The summed E-state index contributed by atoms with van der Waals surface area (Å²) in [7, 11) is 0. The lowest BCUT2D eigenvalue weighted by atomic mass is 10.1. The Balaban J connectivity index is 2.30. The number of hydrogen-bond donors (Lipinski definition) is 2. The first-order valence-electron chi connectivity index (χ1n) is 5.70. The van der Waals surface area contributed by atoms with Crippen molar-refractivity contribution in [2.75, 3.05) is 11.1 Å². The van der Waals surface area contributed by atoms with E-state index in [1.54, 1.807) is 18.2 Å². The molecule has 0 aliphatic carbocycles. The maximum Gasteiger partial charge on any atom is 0.256 e. The van der Waals surface area contributed by atoms with Gasteiger partial charge in [-0.2, -0.15) is 0 Å². The highest BCUT2D eigenvalue weighted by molar-refractivity contribution is 9.10. The van der Waals surface area contributed by atoms with Gasteiger partial charge in [-0.1, -0.05) is 6.07 Å². The van der Waals surface area contributed by atoms with E-state index in [0.29, 0.717) is 16.1 Å². The summed E-state index contributed by atoms with van der Waals surface area (Å²) >= 11 is 3.27. The van der Waals surface area contributed by atoms with Crippen LogP contribution in [-0.4, -0.2) is 5.91 Å². The summed E-state index contributed by atoms with van der Waals surface area (Å²) in [5.41, 5.74) is 6.28. The van der Waals surface area contributed by atoms with Crippen LogP contribution in [0.1, 0.15) is 15.9 Å². The van der Waals surface area contributed by atoms with Crippen LogP contribution in [0.4, 0.5) is 20.2 Å². The van der Waals surface area contributed by atoms with Crippen LogP contribution in [0.15, 0.2) is 34.8 Å². The van der Waals surface area contributed by atoms with Gasteiger partial charge in [0.2, 0.25) is 0 Å². The van der Waals surface area contributed by atoms with E-state index in [9.17, 15) is 13.6 Å². The van der Waals surface area contributed by atoms with E-state index in [0.717, 1.165) is 11.6 Å². The number of carbonyl (C=O) groups is 1. The number of rotatable bonds is 2. The zero-order valence-electron chi connectivity index (χ0n) is 10.5. The van der Waals surface area contributed by atoms with Gasteiger partial charge in [0, 0.05) is 10.5 Å². The zero-order chi connectivity index (χ0) is 14.9. The van der Waals surface area contributed by atoms with E-state index < -0.39 is 17.5 Å². The third-order valence-electron chi connectivity index (χ3n) is 2.70. The molecular formula is C14H11BrF2N2O. The van der Waals surface area contributed by atoms with Gasteiger partial charge in [0.25, 0.3) is 5.91 Å². The van der Waals surface area contributed by atoms with Gasteiger partial charge in [-0.3, -0.25) is 4.79 Å². The lowest BCUT2D eigenvalue weighted by molar-refractivity contribution is 0.102. The van der Waals surface area contributed by atoms with Crippen LogP contribution < -0.4 is 11.1 Å². The van der Waals surface area contributed by atoms with Gasteiger partial charge in [-0.05, 0) is 46.6 Å². The second kappa shape index (κ2) is 5.58. The number of nitrogens with one attached hydrogen (secondary N) is 1. The first kappa shape index (κ1) is 14.5. The molecule has 0 bridgehead atoms.